The maximum Gasteiger partial charge on any atom is 0.387 e. The number of benzene rings is 2. The van der Waals surface area contributed by atoms with Gasteiger partial charge in [0.25, 0.3) is 0 Å². The molecule has 200 valence electrons. The lowest BCUT2D eigenvalue weighted by Gasteiger charge is -2.30. The van der Waals surface area contributed by atoms with Crippen molar-refractivity contribution in [1.82, 2.24) is 0 Å². The van der Waals surface area contributed by atoms with Crippen molar-refractivity contribution in [3.8, 4) is 28.4 Å². The molecule has 0 amide bonds. The molecule has 0 spiro atoms. The van der Waals surface area contributed by atoms with Crippen LogP contribution in [0.25, 0.3) is 11.1 Å². The molecule has 0 saturated carbocycles. The maximum absolute atomic E-state index is 13.5. The Hall–Kier alpha value is -2.45. The van der Waals surface area contributed by atoms with E-state index in [0.29, 0.717) is 35.8 Å². The van der Waals surface area contributed by atoms with Gasteiger partial charge in [0.15, 0.2) is 17.6 Å². The SMILES string of the molecule is COCCOCCOc1ccc2c(c1OC(F)F)-c1ccc(NS(C)(=O)=O)cc1C(c1ccc(Br)s1)O2. The molecule has 1 aliphatic heterocycles. The van der Waals surface area contributed by atoms with E-state index in [9.17, 15) is 17.2 Å². The van der Waals surface area contributed by atoms with Crippen molar-refractivity contribution in [1.29, 1.82) is 0 Å². The Morgan fingerprint density at radius 1 is 1.11 bits per heavy atom. The Morgan fingerprint density at radius 2 is 1.89 bits per heavy atom. The van der Waals surface area contributed by atoms with Crippen molar-refractivity contribution in [2.45, 2.75) is 12.7 Å². The van der Waals surface area contributed by atoms with E-state index in [4.69, 9.17) is 23.7 Å². The molecule has 1 N–H and O–H groups in total. The summed E-state index contributed by atoms with van der Waals surface area (Å²) in [6.45, 7) is -2.01. The van der Waals surface area contributed by atoms with Gasteiger partial charge in [-0.2, -0.15) is 8.78 Å². The highest BCUT2D eigenvalue weighted by Gasteiger charge is 2.33. The molecule has 1 aromatic heterocycles. The van der Waals surface area contributed by atoms with Crippen LogP contribution in [0.15, 0.2) is 46.3 Å². The van der Waals surface area contributed by atoms with Gasteiger partial charge in [-0.15, -0.1) is 11.3 Å². The summed E-state index contributed by atoms with van der Waals surface area (Å²) in [6, 6.07) is 11.7. The molecule has 1 aliphatic rings. The van der Waals surface area contributed by atoms with Crippen LogP contribution >= 0.6 is 27.3 Å². The summed E-state index contributed by atoms with van der Waals surface area (Å²) in [5, 5.41) is 0. The number of methoxy groups -OCH3 is 1. The Morgan fingerprint density at radius 3 is 2.57 bits per heavy atom. The largest absolute Gasteiger partial charge is 0.487 e. The summed E-state index contributed by atoms with van der Waals surface area (Å²) in [5.41, 5.74) is 1.72. The van der Waals surface area contributed by atoms with Crippen LogP contribution in [0.1, 0.15) is 16.5 Å². The van der Waals surface area contributed by atoms with E-state index in [1.807, 2.05) is 12.1 Å². The molecule has 1 unspecified atom stereocenters. The lowest BCUT2D eigenvalue weighted by Crippen LogP contribution is -2.18. The predicted molar refractivity (Wildman–Crippen MR) is 140 cm³/mol. The summed E-state index contributed by atoms with van der Waals surface area (Å²) in [4.78, 5) is 0.833. The number of hydrogen-bond acceptors (Lipinski definition) is 8. The van der Waals surface area contributed by atoms with E-state index in [1.54, 1.807) is 31.4 Å². The fourth-order valence-electron chi connectivity index (χ4n) is 3.83. The van der Waals surface area contributed by atoms with Gasteiger partial charge in [-0.1, -0.05) is 6.07 Å². The second-order valence-electron chi connectivity index (χ2n) is 7.91. The summed E-state index contributed by atoms with van der Waals surface area (Å²) in [6.07, 6.45) is 0.434. The number of thiophene rings is 1. The molecule has 37 heavy (non-hydrogen) atoms. The smallest absolute Gasteiger partial charge is 0.387 e. The van der Waals surface area contributed by atoms with Crippen LogP contribution in [-0.2, 0) is 19.5 Å². The number of nitrogens with one attached hydrogen (secondary N) is 1. The van der Waals surface area contributed by atoms with Crippen LogP contribution < -0.4 is 18.9 Å². The van der Waals surface area contributed by atoms with Crippen LogP contribution in [0.3, 0.4) is 0 Å². The highest BCUT2D eigenvalue weighted by Crippen LogP contribution is 2.53. The first-order valence-corrected chi connectivity index (χ1v) is 14.5. The summed E-state index contributed by atoms with van der Waals surface area (Å²) in [5.74, 6) is 0.241. The molecule has 0 saturated heterocycles. The quantitative estimate of drug-likeness (QED) is 0.261. The molecule has 0 aliphatic carbocycles. The lowest BCUT2D eigenvalue weighted by molar-refractivity contribution is -0.0515. The second-order valence-corrected chi connectivity index (χ2v) is 12.2. The number of hydrogen-bond donors (Lipinski definition) is 1. The number of alkyl halides is 2. The van der Waals surface area contributed by atoms with Gasteiger partial charge in [-0.3, -0.25) is 4.72 Å². The summed E-state index contributed by atoms with van der Waals surface area (Å²) < 4.78 is 81.3. The molecular weight excluding hydrogens is 596 g/mol. The molecule has 4 rings (SSSR count). The van der Waals surface area contributed by atoms with Crippen molar-refractivity contribution >= 4 is 43.0 Å². The van der Waals surface area contributed by atoms with Gasteiger partial charge in [-0.05, 0) is 57.9 Å². The van der Waals surface area contributed by atoms with Crippen molar-refractivity contribution in [2.75, 3.05) is 44.5 Å². The molecule has 2 aromatic carbocycles. The minimum Gasteiger partial charge on any atom is -0.487 e. The molecule has 0 radical (unpaired) electrons. The standard InChI is InChI=1S/C24H24BrF2NO7S2/c1-31-9-10-32-11-12-33-18-6-5-17-21(23(18)35-24(26)27)15-4-3-14(28-37(2,29)30)13-16(15)22(34-17)19-7-8-20(25)36-19/h3-8,13,22,24,28H,9-12H2,1-2H3. The van der Waals surface area contributed by atoms with Crippen molar-refractivity contribution in [3.05, 3.63) is 56.7 Å². The fourth-order valence-corrected chi connectivity index (χ4v) is 5.86. The molecule has 0 bridgehead atoms. The van der Waals surface area contributed by atoms with Crippen LogP contribution in [-0.4, -0.2) is 54.8 Å². The average molecular weight is 620 g/mol. The third-order valence-electron chi connectivity index (χ3n) is 5.21. The van der Waals surface area contributed by atoms with Gasteiger partial charge >= 0.3 is 6.61 Å². The van der Waals surface area contributed by atoms with Gasteiger partial charge in [0.05, 0.1) is 40.3 Å². The normalized spacial score (nSPS) is 14.6. The first kappa shape index (κ1) is 27.6. The first-order chi connectivity index (χ1) is 17.7. The minimum absolute atomic E-state index is 0.0961. The van der Waals surface area contributed by atoms with Crippen molar-refractivity contribution < 1.29 is 40.9 Å². The fraction of sp³-hybridized carbons (Fsp3) is 0.333. The third kappa shape index (κ3) is 6.90. The number of ether oxygens (including phenoxy) is 5. The topological polar surface area (TPSA) is 92.3 Å². The number of rotatable bonds is 12. The number of fused-ring (bicyclic) bond motifs is 3. The molecule has 1 atom stereocenters. The predicted octanol–water partition coefficient (Wildman–Crippen LogP) is 5.67. The van der Waals surface area contributed by atoms with Gasteiger partial charge in [0, 0.05) is 18.4 Å². The van der Waals surface area contributed by atoms with E-state index in [-0.39, 0.29) is 30.3 Å². The van der Waals surface area contributed by atoms with E-state index >= 15 is 0 Å². The van der Waals surface area contributed by atoms with E-state index in [2.05, 4.69) is 20.7 Å². The molecular formula is C24H24BrF2NO7S2. The second kappa shape index (κ2) is 11.9. The third-order valence-corrected chi connectivity index (χ3v) is 7.48. The van der Waals surface area contributed by atoms with Gasteiger partial charge in [0.1, 0.15) is 12.4 Å². The Labute approximate surface area is 225 Å². The molecule has 13 heteroatoms. The summed E-state index contributed by atoms with van der Waals surface area (Å²) in [7, 11) is -1.99. The minimum atomic E-state index is -3.55. The van der Waals surface area contributed by atoms with Gasteiger partial charge < -0.3 is 23.7 Å². The van der Waals surface area contributed by atoms with E-state index in [1.165, 1.54) is 17.4 Å². The van der Waals surface area contributed by atoms with Crippen molar-refractivity contribution in [2.24, 2.45) is 0 Å². The Kier molecular flexibility index (Phi) is 8.90. The average Bonchev–Trinajstić information content (AvgIpc) is 3.26. The lowest BCUT2D eigenvalue weighted by atomic mass is 9.90. The van der Waals surface area contributed by atoms with Gasteiger partial charge in [0.2, 0.25) is 10.0 Å². The highest BCUT2D eigenvalue weighted by atomic mass is 79.9. The monoisotopic (exact) mass is 619 g/mol. The number of sulfonamides is 1. The highest BCUT2D eigenvalue weighted by molar-refractivity contribution is 9.11. The van der Waals surface area contributed by atoms with Crippen LogP contribution in [0.2, 0.25) is 0 Å². The molecule has 2 heterocycles. The van der Waals surface area contributed by atoms with Crippen molar-refractivity contribution in [3.63, 3.8) is 0 Å². The summed E-state index contributed by atoms with van der Waals surface area (Å²) >= 11 is 4.89. The number of halogens is 3. The Bertz CT molecular complexity index is 1350. The number of anilines is 1. The zero-order chi connectivity index (χ0) is 26.6. The van der Waals surface area contributed by atoms with Crippen LogP contribution in [0, 0.1) is 0 Å². The zero-order valence-electron chi connectivity index (χ0n) is 19.8. The molecule has 8 nitrogen and oxygen atoms in total. The molecule has 0 fully saturated rings. The van der Waals surface area contributed by atoms with Crippen LogP contribution in [0.4, 0.5) is 14.5 Å². The van der Waals surface area contributed by atoms with E-state index < -0.39 is 22.7 Å². The maximum atomic E-state index is 13.5. The zero-order valence-corrected chi connectivity index (χ0v) is 23.1. The van der Waals surface area contributed by atoms with Gasteiger partial charge in [-0.25, -0.2) is 8.42 Å². The van der Waals surface area contributed by atoms with Crippen LogP contribution in [0.5, 0.6) is 17.2 Å². The first-order valence-electron chi connectivity index (χ1n) is 11.0. The molecule has 3 aromatic rings. The van der Waals surface area contributed by atoms with E-state index in [0.717, 1.165) is 14.9 Å². The Balaban J connectivity index is 1.77.